The van der Waals surface area contributed by atoms with E-state index in [0.29, 0.717) is 11.8 Å². The van der Waals surface area contributed by atoms with Gasteiger partial charge in [-0.3, -0.25) is 4.98 Å². The smallest absolute Gasteiger partial charge is 0.0737 e. The number of anilines is 1. The molecule has 2 unspecified atom stereocenters. The van der Waals surface area contributed by atoms with E-state index >= 15 is 0 Å². The van der Waals surface area contributed by atoms with Crippen molar-refractivity contribution in [2.24, 2.45) is 16.8 Å². The first-order valence-corrected chi connectivity index (χ1v) is 7.86. The first-order valence-electron chi connectivity index (χ1n) is 7.48. The summed E-state index contributed by atoms with van der Waals surface area (Å²) >= 11 is 6.03. The zero-order chi connectivity index (χ0) is 14.7. The molecule has 1 N–H and O–H groups in total. The van der Waals surface area contributed by atoms with Gasteiger partial charge in [0, 0.05) is 35.4 Å². The Morgan fingerprint density at radius 3 is 3.00 bits per heavy atom. The van der Waals surface area contributed by atoms with Crippen LogP contribution in [-0.2, 0) is 0 Å². The van der Waals surface area contributed by atoms with E-state index in [1.807, 2.05) is 30.5 Å². The Balaban J connectivity index is 1.74. The quantitative estimate of drug-likeness (QED) is 0.830. The molecule has 1 aliphatic carbocycles. The summed E-state index contributed by atoms with van der Waals surface area (Å²) in [6.07, 6.45) is 5.69. The van der Waals surface area contributed by atoms with Crippen LogP contribution in [0.3, 0.4) is 0 Å². The standard InChI is InChI=1S/C17H20ClN3/c1-19-10-12-3-2-4-13(12)11-21-16-7-8-20-17-9-14(18)5-6-15(16)17/h5-9,12-13H,1-4,10-11H2,(H,20,21). The monoisotopic (exact) mass is 301 g/mol. The van der Waals surface area contributed by atoms with Crippen molar-refractivity contribution in [3.8, 4) is 0 Å². The van der Waals surface area contributed by atoms with Crippen molar-refractivity contribution in [3.05, 3.63) is 35.5 Å². The van der Waals surface area contributed by atoms with Gasteiger partial charge in [0.25, 0.3) is 0 Å². The van der Waals surface area contributed by atoms with Gasteiger partial charge in [0.1, 0.15) is 0 Å². The molecule has 0 radical (unpaired) electrons. The SMILES string of the molecule is C=NCC1CCCC1CNc1ccnc2cc(Cl)ccc12. The molecule has 0 aliphatic heterocycles. The van der Waals surface area contributed by atoms with Crippen molar-refractivity contribution >= 4 is 34.9 Å². The summed E-state index contributed by atoms with van der Waals surface area (Å²) in [6.45, 7) is 5.51. The van der Waals surface area contributed by atoms with E-state index in [4.69, 9.17) is 11.6 Å². The molecule has 1 aromatic carbocycles. The summed E-state index contributed by atoms with van der Waals surface area (Å²) in [4.78, 5) is 8.46. The Labute approximate surface area is 130 Å². The molecule has 3 rings (SSSR count). The topological polar surface area (TPSA) is 37.3 Å². The van der Waals surface area contributed by atoms with Crippen LogP contribution in [0.1, 0.15) is 19.3 Å². The molecule has 21 heavy (non-hydrogen) atoms. The average Bonchev–Trinajstić information content (AvgIpc) is 2.92. The Kier molecular flexibility index (Phi) is 4.39. The van der Waals surface area contributed by atoms with Crippen LogP contribution in [-0.4, -0.2) is 24.8 Å². The number of halogens is 1. The van der Waals surface area contributed by atoms with Crippen molar-refractivity contribution in [2.45, 2.75) is 19.3 Å². The molecule has 1 aromatic heterocycles. The van der Waals surface area contributed by atoms with Gasteiger partial charge in [-0.1, -0.05) is 18.0 Å². The molecule has 2 atom stereocenters. The Bertz CT molecular complexity index is 641. The number of pyridine rings is 1. The first-order chi connectivity index (χ1) is 10.3. The molecular weight excluding hydrogens is 282 g/mol. The number of rotatable bonds is 5. The lowest BCUT2D eigenvalue weighted by molar-refractivity contribution is 0.416. The molecule has 0 saturated heterocycles. The molecular formula is C17H20ClN3. The normalized spacial score (nSPS) is 21.6. The molecule has 0 amide bonds. The zero-order valence-corrected chi connectivity index (χ0v) is 12.8. The van der Waals surface area contributed by atoms with E-state index in [2.05, 4.69) is 22.0 Å². The van der Waals surface area contributed by atoms with Crippen LogP contribution < -0.4 is 5.32 Å². The number of benzene rings is 1. The van der Waals surface area contributed by atoms with Crippen LogP contribution in [0.5, 0.6) is 0 Å². The molecule has 0 bridgehead atoms. The predicted molar refractivity (Wildman–Crippen MR) is 90.5 cm³/mol. The van der Waals surface area contributed by atoms with Gasteiger partial charge in [-0.05, 0) is 55.7 Å². The summed E-state index contributed by atoms with van der Waals surface area (Å²) in [5, 5.41) is 5.44. The molecule has 110 valence electrons. The number of hydrogen-bond donors (Lipinski definition) is 1. The van der Waals surface area contributed by atoms with E-state index < -0.39 is 0 Å². The van der Waals surface area contributed by atoms with Gasteiger partial charge >= 0.3 is 0 Å². The summed E-state index contributed by atoms with van der Waals surface area (Å²) in [5.41, 5.74) is 2.07. The number of aromatic nitrogens is 1. The van der Waals surface area contributed by atoms with Crippen LogP contribution in [0.4, 0.5) is 5.69 Å². The fraction of sp³-hybridized carbons (Fsp3) is 0.412. The van der Waals surface area contributed by atoms with Crippen molar-refractivity contribution < 1.29 is 0 Å². The lowest BCUT2D eigenvalue weighted by Crippen LogP contribution is -2.20. The molecule has 4 heteroatoms. The van der Waals surface area contributed by atoms with Crippen LogP contribution in [0, 0.1) is 11.8 Å². The third-order valence-electron chi connectivity index (χ3n) is 4.44. The van der Waals surface area contributed by atoms with Crippen molar-refractivity contribution in [1.29, 1.82) is 0 Å². The highest BCUT2D eigenvalue weighted by molar-refractivity contribution is 6.31. The van der Waals surface area contributed by atoms with Crippen LogP contribution in [0.2, 0.25) is 5.02 Å². The second-order valence-corrected chi connectivity index (χ2v) is 6.19. The second kappa shape index (κ2) is 6.44. The van der Waals surface area contributed by atoms with Gasteiger partial charge in [-0.25, -0.2) is 0 Å². The number of nitrogens with one attached hydrogen (secondary N) is 1. The molecule has 3 nitrogen and oxygen atoms in total. The highest BCUT2D eigenvalue weighted by Crippen LogP contribution is 2.33. The van der Waals surface area contributed by atoms with Crippen molar-refractivity contribution in [3.63, 3.8) is 0 Å². The van der Waals surface area contributed by atoms with Crippen LogP contribution in [0.25, 0.3) is 10.9 Å². The minimum atomic E-state index is 0.678. The number of aliphatic imine (C=N–C) groups is 1. The molecule has 1 heterocycles. The van der Waals surface area contributed by atoms with E-state index in [9.17, 15) is 0 Å². The molecule has 0 spiro atoms. The minimum absolute atomic E-state index is 0.678. The van der Waals surface area contributed by atoms with E-state index in [-0.39, 0.29) is 0 Å². The zero-order valence-electron chi connectivity index (χ0n) is 12.1. The summed E-state index contributed by atoms with van der Waals surface area (Å²) in [5.74, 6) is 1.36. The fourth-order valence-electron chi connectivity index (χ4n) is 3.30. The van der Waals surface area contributed by atoms with Gasteiger partial charge in [0.05, 0.1) is 5.52 Å². The van der Waals surface area contributed by atoms with E-state index in [0.717, 1.165) is 34.7 Å². The second-order valence-electron chi connectivity index (χ2n) is 5.76. The third kappa shape index (κ3) is 3.18. The number of fused-ring (bicyclic) bond motifs is 1. The predicted octanol–water partition coefficient (Wildman–Crippen LogP) is 4.42. The maximum Gasteiger partial charge on any atom is 0.0737 e. The fourth-order valence-corrected chi connectivity index (χ4v) is 3.47. The molecule has 1 aliphatic rings. The maximum atomic E-state index is 6.03. The lowest BCUT2D eigenvalue weighted by atomic mass is 9.96. The van der Waals surface area contributed by atoms with Crippen molar-refractivity contribution in [1.82, 2.24) is 4.98 Å². The maximum absolute atomic E-state index is 6.03. The van der Waals surface area contributed by atoms with Gasteiger partial charge < -0.3 is 10.3 Å². The van der Waals surface area contributed by atoms with Crippen LogP contribution in [0.15, 0.2) is 35.5 Å². The van der Waals surface area contributed by atoms with Gasteiger partial charge in [0.2, 0.25) is 0 Å². The summed E-state index contributed by atoms with van der Waals surface area (Å²) in [6, 6.07) is 7.88. The number of hydrogen-bond acceptors (Lipinski definition) is 3. The molecule has 1 saturated carbocycles. The minimum Gasteiger partial charge on any atom is -0.384 e. The Morgan fingerprint density at radius 1 is 1.29 bits per heavy atom. The Hall–Kier alpha value is -1.61. The van der Waals surface area contributed by atoms with Crippen molar-refractivity contribution in [2.75, 3.05) is 18.4 Å². The van der Waals surface area contributed by atoms with E-state index in [1.165, 1.54) is 19.3 Å². The van der Waals surface area contributed by atoms with E-state index in [1.54, 1.807) is 0 Å². The van der Waals surface area contributed by atoms with Gasteiger partial charge in [-0.15, -0.1) is 0 Å². The van der Waals surface area contributed by atoms with Crippen LogP contribution >= 0.6 is 11.6 Å². The largest absolute Gasteiger partial charge is 0.384 e. The van der Waals surface area contributed by atoms with Gasteiger partial charge in [-0.2, -0.15) is 0 Å². The van der Waals surface area contributed by atoms with Gasteiger partial charge in [0.15, 0.2) is 0 Å². The summed E-state index contributed by atoms with van der Waals surface area (Å²) in [7, 11) is 0. The first kappa shape index (κ1) is 14.3. The molecule has 2 aromatic rings. The third-order valence-corrected chi connectivity index (χ3v) is 4.67. The Morgan fingerprint density at radius 2 is 2.14 bits per heavy atom. The highest BCUT2D eigenvalue weighted by atomic mass is 35.5. The number of nitrogens with zero attached hydrogens (tertiary/aromatic N) is 2. The average molecular weight is 302 g/mol. The summed E-state index contributed by atoms with van der Waals surface area (Å²) < 4.78 is 0. The highest BCUT2D eigenvalue weighted by Gasteiger charge is 2.26. The lowest BCUT2D eigenvalue weighted by Gasteiger charge is -2.19. The molecule has 1 fully saturated rings.